The monoisotopic (exact) mass is 238 g/mol. The van der Waals surface area contributed by atoms with Crippen molar-refractivity contribution in [3.05, 3.63) is 12.4 Å². The second kappa shape index (κ2) is 7.06. The van der Waals surface area contributed by atoms with Gasteiger partial charge in [0.1, 0.15) is 0 Å². The Labute approximate surface area is 103 Å². The molecule has 0 aliphatic carbocycles. The van der Waals surface area contributed by atoms with Crippen LogP contribution in [0.2, 0.25) is 0 Å². The van der Waals surface area contributed by atoms with Crippen molar-refractivity contribution in [1.29, 1.82) is 0 Å². The summed E-state index contributed by atoms with van der Waals surface area (Å²) in [4.78, 5) is 15.8. The van der Waals surface area contributed by atoms with Gasteiger partial charge in [0.15, 0.2) is 0 Å². The van der Waals surface area contributed by atoms with E-state index in [1.165, 1.54) is 0 Å². The highest BCUT2D eigenvalue weighted by Gasteiger charge is 2.08. The van der Waals surface area contributed by atoms with Gasteiger partial charge in [0.2, 0.25) is 11.9 Å². The van der Waals surface area contributed by atoms with Gasteiger partial charge in [-0.2, -0.15) is 0 Å². The number of hydrogen-bond acceptors (Lipinski definition) is 3. The number of nitrogens with one attached hydrogen (secondary N) is 2. The molecule has 0 radical (unpaired) electrons. The van der Waals surface area contributed by atoms with Crippen molar-refractivity contribution in [1.82, 2.24) is 14.9 Å². The molecule has 0 fully saturated rings. The minimum Gasteiger partial charge on any atom is -0.320 e. The number of hydrogen-bond donors (Lipinski definition) is 2. The zero-order chi connectivity index (χ0) is 12.7. The van der Waals surface area contributed by atoms with Gasteiger partial charge in [-0.05, 0) is 25.9 Å². The van der Waals surface area contributed by atoms with Crippen molar-refractivity contribution in [3.8, 4) is 0 Å². The highest BCUT2D eigenvalue weighted by molar-refractivity contribution is 5.88. The standard InChI is InChI=1S/C12H22N4O/c1-10(2)9-16-8-7-14-12(16)15-11(17)5-4-6-13-3/h7-8,10,13H,4-6,9H2,1-3H3,(H,14,15,17). The summed E-state index contributed by atoms with van der Waals surface area (Å²) >= 11 is 0. The van der Waals surface area contributed by atoms with Gasteiger partial charge in [-0.3, -0.25) is 10.1 Å². The lowest BCUT2D eigenvalue weighted by Gasteiger charge is -2.10. The zero-order valence-electron chi connectivity index (χ0n) is 10.9. The van der Waals surface area contributed by atoms with E-state index in [4.69, 9.17) is 0 Å². The summed E-state index contributed by atoms with van der Waals surface area (Å²) in [5.41, 5.74) is 0. The molecule has 0 saturated heterocycles. The minimum absolute atomic E-state index is 0.0245. The number of carbonyl (C=O) groups is 1. The fraction of sp³-hybridized carbons (Fsp3) is 0.667. The molecular weight excluding hydrogens is 216 g/mol. The number of anilines is 1. The topological polar surface area (TPSA) is 59.0 Å². The summed E-state index contributed by atoms with van der Waals surface area (Å²) in [6, 6.07) is 0. The molecule has 1 heterocycles. The molecule has 0 spiro atoms. The van der Waals surface area contributed by atoms with Gasteiger partial charge in [0.25, 0.3) is 0 Å². The van der Waals surface area contributed by atoms with Crippen LogP contribution < -0.4 is 10.6 Å². The highest BCUT2D eigenvalue weighted by Crippen LogP contribution is 2.08. The quantitative estimate of drug-likeness (QED) is 0.707. The van der Waals surface area contributed by atoms with Crippen LogP contribution in [0.15, 0.2) is 12.4 Å². The minimum atomic E-state index is 0.0245. The van der Waals surface area contributed by atoms with Gasteiger partial charge in [0.05, 0.1) is 0 Å². The Morgan fingerprint density at radius 3 is 2.94 bits per heavy atom. The SMILES string of the molecule is CNCCCC(=O)Nc1nccn1CC(C)C. The van der Waals surface area contributed by atoms with Gasteiger partial charge in [0, 0.05) is 25.4 Å². The Morgan fingerprint density at radius 2 is 2.29 bits per heavy atom. The van der Waals surface area contributed by atoms with Gasteiger partial charge in [-0.15, -0.1) is 0 Å². The largest absolute Gasteiger partial charge is 0.320 e. The van der Waals surface area contributed by atoms with Crippen molar-refractivity contribution in [3.63, 3.8) is 0 Å². The number of rotatable bonds is 7. The fourth-order valence-electron chi connectivity index (χ4n) is 1.59. The smallest absolute Gasteiger partial charge is 0.226 e. The summed E-state index contributed by atoms with van der Waals surface area (Å²) in [7, 11) is 1.88. The number of aromatic nitrogens is 2. The molecule has 0 unspecified atom stereocenters. The van der Waals surface area contributed by atoms with E-state index in [2.05, 4.69) is 29.5 Å². The number of amides is 1. The Balaban J connectivity index is 2.44. The third-order valence-corrected chi connectivity index (χ3v) is 2.36. The van der Waals surface area contributed by atoms with E-state index < -0.39 is 0 Å². The predicted octanol–water partition coefficient (Wildman–Crippen LogP) is 1.48. The molecule has 1 amide bonds. The van der Waals surface area contributed by atoms with Crippen molar-refractivity contribution in [2.75, 3.05) is 18.9 Å². The molecule has 1 aromatic heterocycles. The van der Waals surface area contributed by atoms with Crippen molar-refractivity contribution in [2.45, 2.75) is 33.2 Å². The van der Waals surface area contributed by atoms with Crippen LogP contribution in [-0.2, 0) is 11.3 Å². The van der Waals surface area contributed by atoms with Crippen LogP contribution in [0.1, 0.15) is 26.7 Å². The second-order valence-electron chi connectivity index (χ2n) is 4.55. The number of nitrogens with zero attached hydrogens (tertiary/aromatic N) is 2. The number of carbonyl (C=O) groups excluding carboxylic acids is 1. The van der Waals surface area contributed by atoms with Crippen LogP contribution in [0.4, 0.5) is 5.95 Å². The van der Waals surface area contributed by atoms with E-state index in [1.807, 2.05) is 17.8 Å². The van der Waals surface area contributed by atoms with E-state index in [0.29, 0.717) is 18.3 Å². The average Bonchev–Trinajstić information content (AvgIpc) is 2.65. The van der Waals surface area contributed by atoms with E-state index in [0.717, 1.165) is 19.5 Å². The van der Waals surface area contributed by atoms with Crippen LogP contribution in [0.3, 0.4) is 0 Å². The second-order valence-corrected chi connectivity index (χ2v) is 4.55. The molecule has 17 heavy (non-hydrogen) atoms. The van der Waals surface area contributed by atoms with Crippen LogP contribution in [0, 0.1) is 5.92 Å². The van der Waals surface area contributed by atoms with E-state index >= 15 is 0 Å². The Morgan fingerprint density at radius 1 is 1.53 bits per heavy atom. The molecule has 2 N–H and O–H groups in total. The lowest BCUT2D eigenvalue weighted by Crippen LogP contribution is -2.18. The van der Waals surface area contributed by atoms with Gasteiger partial charge in [-0.25, -0.2) is 4.98 Å². The molecule has 0 aliphatic rings. The van der Waals surface area contributed by atoms with Gasteiger partial charge >= 0.3 is 0 Å². The normalized spacial score (nSPS) is 10.8. The molecule has 5 heteroatoms. The molecule has 0 bridgehead atoms. The summed E-state index contributed by atoms with van der Waals surface area (Å²) < 4.78 is 1.97. The predicted molar refractivity (Wildman–Crippen MR) is 68.9 cm³/mol. The van der Waals surface area contributed by atoms with E-state index in [9.17, 15) is 4.79 Å². The number of imidazole rings is 1. The van der Waals surface area contributed by atoms with E-state index in [-0.39, 0.29) is 5.91 Å². The molecule has 0 aliphatic heterocycles. The van der Waals surface area contributed by atoms with Crippen LogP contribution in [0.25, 0.3) is 0 Å². The average molecular weight is 238 g/mol. The first-order chi connectivity index (χ1) is 8.13. The third kappa shape index (κ3) is 4.99. The Kier molecular flexibility index (Phi) is 5.69. The molecule has 0 saturated carbocycles. The summed E-state index contributed by atoms with van der Waals surface area (Å²) in [5, 5.41) is 5.86. The summed E-state index contributed by atoms with van der Waals surface area (Å²) in [6.45, 7) is 6.00. The molecule has 0 atom stereocenters. The third-order valence-electron chi connectivity index (χ3n) is 2.36. The Hall–Kier alpha value is -1.36. The first-order valence-corrected chi connectivity index (χ1v) is 6.09. The van der Waals surface area contributed by atoms with Crippen LogP contribution in [0.5, 0.6) is 0 Å². The van der Waals surface area contributed by atoms with Crippen LogP contribution in [-0.4, -0.2) is 29.1 Å². The van der Waals surface area contributed by atoms with Crippen molar-refractivity contribution < 1.29 is 4.79 Å². The molecule has 5 nitrogen and oxygen atoms in total. The first kappa shape index (κ1) is 13.7. The zero-order valence-corrected chi connectivity index (χ0v) is 10.9. The van der Waals surface area contributed by atoms with Crippen molar-refractivity contribution in [2.24, 2.45) is 5.92 Å². The molecule has 0 aromatic carbocycles. The van der Waals surface area contributed by atoms with Gasteiger partial charge < -0.3 is 9.88 Å². The van der Waals surface area contributed by atoms with Gasteiger partial charge in [-0.1, -0.05) is 13.8 Å². The first-order valence-electron chi connectivity index (χ1n) is 6.09. The van der Waals surface area contributed by atoms with E-state index in [1.54, 1.807) is 6.20 Å². The lowest BCUT2D eigenvalue weighted by atomic mass is 10.2. The lowest BCUT2D eigenvalue weighted by molar-refractivity contribution is -0.116. The summed E-state index contributed by atoms with van der Waals surface area (Å²) in [5.74, 6) is 1.20. The highest BCUT2D eigenvalue weighted by atomic mass is 16.1. The molecule has 1 rings (SSSR count). The van der Waals surface area contributed by atoms with Crippen molar-refractivity contribution >= 4 is 11.9 Å². The fourth-order valence-corrected chi connectivity index (χ4v) is 1.59. The van der Waals surface area contributed by atoms with Crippen LogP contribution >= 0.6 is 0 Å². The molecule has 96 valence electrons. The maximum Gasteiger partial charge on any atom is 0.226 e. The molecule has 1 aromatic rings. The molecular formula is C12H22N4O. The Bertz CT molecular complexity index is 346. The maximum atomic E-state index is 11.6. The summed E-state index contributed by atoms with van der Waals surface area (Å²) in [6.07, 6.45) is 4.97. The maximum absolute atomic E-state index is 11.6.